The first-order valence-corrected chi connectivity index (χ1v) is 10.6. The van der Waals surface area contributed by atoms with Gasteiger partial charge >= 0.3 is 0 Å². The fourth-order valence-electron chi connectivity index (χ4n) is 4.04. The lowest BCUT2D eigenvalue weighted by molar-refractivity contribution is -0.123. The molecule has 2 aromatic rings. The first-order chi connectivity index (χ1) is 13.3. The third-order valence-electron chi connectivity index (χ3n) is 5.73. The molecule has 2 heterocycles. The van der Waals surface area contributed by atoms with Crippen LogP contribution in [-0.4, -0.2) is 62.3 Å². The van der Waals surface area contributed by atoms with Gasteiger partial charge in [0.1, 0.15) is 5.82 Å². The summed E-state index contributed by atoms with van der Waals surface area (Å²) in [7, 11) is -1.75. The third-order valence-corrected chi connectivity index (χ3v) is 7.59. The molecular formula is C20H22FN3O3S. The van der Waals surface area contributed by atoms with E-state index in [0.29, 0.717) is 31.7 Å². The lowest BCUT2D eigenvalue weighted by atomic mass is 9.92. The molecule has 0 bridgehead atoms. The van der Waals surface area contributed by atoms with Crippen molar-refractivity contribution in [1.82, 2.24) is 9.21 Å². The van der Waals surface area contributed by atoms with Crippen LogP contribution in [0.3, 0.4) is 0 Å². The summed E-state index contributed by atoms with van der Waals surface area (Å²) in [6, 6.07) is 14.3. The number of rotatable bonds is 3. The summed E-state index contributed by atoms with van der Waals surface area (Å²) in [6.07, 6.45) is 0.606. The summed E-state index contributed by atoms with van der Waals surface area (Å²) >= 11 is 0. The minimum atomic E-state index is -3.60. The van der Waals surface area contributed by atoms with Crippen molar-refractivity contribution in [2.75, 3.05) is 38.1 Å². The second kappa shape index (κ2) is 6.95. The number of carbonyl (C=O) groups excluding carboxylic acids is 1. The fourth-order valence-corrected chi connectivity index (χ4v) is 5.59. The molecule has 8 heteroatoms. The second-order valence-corrected chi connectivity index (χ2v) is 9.38. The molecule has 2 saturated heterocycles. The molecule has 1 spiro atoms. The Morgan fingerprint density at radius 3 is 2.50 bits per heavy atom. The number of carbonyl (C=O) groups is 1. The normalized spacial score (nSPS) is 24.2. The highest BCUT2D eigenvalue weighted by Crippen LogP contribution is 2.35. The molecule has 4 rings (SSSR count). The van der Waals surface area contributed by atoms with Gasteiger partial charge in [0.25, 0.3) is 0 Å². The molecule has 28 heavy (non-hydrogen) atoms. The Labute approximate surface area is 164 Å². The predicted octanol–water partition coefficient (Wildman–Crippen LogP) is 1.94. The summed E-state index contributed by atoms with van der Waals surface area (Å²) in [5.41, 5.74) is 0.00377. The van der Waals surface area contributed by atoms with Crippen molar-refractivity contribution < 1.29 is 17.6 Å². The maximum absolute atomic E-state index is 13.7. The van der Waals surface area contributed by atoms with Crippen LogP contribution >= 0.6 is 0 Å². The Morgan fingerprint density at radius 2 is 1.79 bits per heavy atom. The summed E-state index contributed by atoms with van der Waals surface area (Å²) in [6.45, 7) is 1.16. The number of nitrogens with zero attached hydrogens (tertiary/aromatic N) is 3. The van der Waals surface area contributed by atoms with E-state index >= 15 is 0 Å². The number of hydrogen-bond acceptors (Lipinski definition) is 4. The van der Waals surface area contributed by atoms with Gasteiger partial charge in [-0.05, 0) is 43.8 Å². The van der Waals surface area contributed by atoms with Crippen molar-refractivity contribution in [1.29, 1.82) is 0 Å². The van der Waals surface area contributed by atoms with Gasteiger partial charge in [0.2, 0.25) is 15.9 Å². The number of anilines is 1. The molecule has 0 aromatic heterocycles. The second-order valence-electron chi connectivity index (χ2n) is 7.44. The minimum absolute atomic E-state index is 0.122. The Bertz CT molecular complexity index is 999. The molecule has 1 atom stereocenters. The summed E-state index contributed by atoms with van der Waals surface area (Å²) in [4.78, 5) is 16.4. The van der Waals surface area contributed by atoms with Gasteiger partial charge in [-0.25, -0.2) is 12.8 Å². The lowest BCUT2D eigenvalue weighted by Crippen LogP contribution is -2.64. The van der Waals surface area contributed by atoms with E-state index in [-0.39, 0.29) is 17.3 Å². The van der Waals surface area contributed by atoms with Crippen molar-refractivity contribution >= 4 is 21.6 Å². The van der Waals surface area contributed by atoms with E-state index in [1.54, 1.807) is 47.4 Å². The Morgan fingerprint density at radius 1 is 1.04 bits per heavy atom. The highest BCUT2D eigenvalue weighted by molar-refractivity contribution is 7.89. The topological polar surface area (TPSA) is 60.9 Å². The number of hydrogen-bond donors (Lipinski definition) is 0. The van der Waals surface area contributed by atoms with Crippen LogP contribution in [0.15, 0.2) is 59.5 Å². The molecule has 2 aliphatic heterocycles. The standard InChI is InChI=1S/C20H22FN3O3S/c1-22-13-19(25)24(17-7-5-6-16(21)12-17)15-20(22)10-11-23(14-20)28(26,27)18-8-3-2-4-9-18/h2-9,12H,10-11,13-15H2,1H3/t20-/m0/s1. The molecule has 148 valence electrons. The van der Waals surface area contributed by atoms with Crippen molar-refractivity contribution in [3.05, 3.63) is 60.4 Å². The van der Waals surface area contributed by atoms with E-state index in [0.717, 1.165) is 0 Å². The molecule has 0 N–H and O–H groups in total. The lowest BCUT2D eigenvalue weighted by Gasteiger charge is -2.46. The SMILES string of the molecule is CN1CC(=O)N(c2cccc(F)c2)C[C@@]12CCN(S(=O)(=O)c1ccccc1)C2. The minimum Gasteiger partial charge on any atom is -0.309 e. The zero-order chi connectivity index (χ0) is 19.9. The number of amides is 1. The highest BCUT2D eigenvalue weighted by Gasteiger charge is 2.50. The van der Waals surface area contributed by atoms with Gasteiger partial charge in [0, 0.05) is 25.3 Å². The number of halogens is 1. The molecule has 1 amide bonds. The van der Waals surface area contributed by atoms with Crippen LogP contribution in [0.25, 0.3) is 0 Å². The zero-order valence-electron chi connectivity index (χ0n) is 15.6. The molecule has 6 nitrogen and oxygen atoms in total. The Hall–Kier alpha value is -2.29. The molecule has 2 fully saturated rings. The third kappa shape index (κ3) is 3.21. The van der Waals surface area contributed by atoms with Gasteiger partial charge in [-0.15, -0.1) is 0 Å². The molecule has 2 aliphatic rings. The largest absolute Gasteiger partial charge is 0.309 e. The maximum Gasteiger partial charge on any atom is 0.243 e. The van der Waals surface area contributed by atoms with Gasteiger partial charge in [0.15, 0.2) is 0 Å². The summed E-state index contributed by atoms with van der Waals surface area (Å²) < 4.78 is 41.2. The van der Waals surface area contributed by atoms with Crippen LogP contribution in [0.1, 0.15) is 6.42 Å². The van der Waals surface area contributed by atoms with E-state index in [9.17, 15) is 17.6 Å². The van der Waals surface area contributed by atoms with Gasteiger partial charge in [-0.1, -0.05) is 24.3 Å². The van der Waals surface area contributed by atoms with Gasteiger partial charge in [-0.2, -0.15) is 4.31 Å². The predicted molar refractivity (Wildman–Crippen MR) is 104 cm³/mol. The van der Waals surface area contributed by atoms with Crippen LogP contribution in [-0.2, 0) is 14.8 Å². The molecule has 0 radical (unpaired) electrons. The molecule has 0 aliphatic carbocycles. The van der Waals surface area contributed by atoms with Crippen LogP contribution < -0.4 is 4.90 Å². The van der Waals surface area contributed by atoms with Gasteiger partial charge in [0.05, 0.1) is 17.0 Å². The van der Waals surface area contributed by atoms with Gasteiger partial charge in [-0.3, -0.25) is 9.69 Å². The zero-order valence-corrected chi connectivity index (χ0v) is 16.4. The first-order valence-electron chi connectivity index (χ1n) is 9.14. The summed E-state index contributed by atoms with van der Waals surface area (Å²) in [5.74, 6) is -0.527. The van der Waals surface area contributed by atoms with Crippen molar-refractivity contribution in [3.8, 4) is 0 Å². The molecule has 0 unspecified atom stereocenters. The van der Waals surface area contributed by atoms with Crippen molar-refractivity contribution in [3.63, 3.8) is 0 Å². The van der Waals surface area contributed by atoms with Crippen LogP contribution in [0.5, 0.6) is 0 Å². The Balaban J connectivity index is 1.62. The van der Waals surface area contributed by atoms with Crippen LogP contribution in [0.2, 0.25) is 0 Å². The number of sulfonamides is 1. The van der Waals surface area contributed by atoms with Gasteiger partial charge < -0.3 is 4.90 Å². The number of benzene rings is 2. The Kier molecular flexibility index (Phi) is 4.73. The highest BCUT2D eigenvalue weighted by atomic mass is 32.2. The summed E-state index contributed by atoms with van der Waals surface area (Å²) in [5, 5.41) is 0. The smallest absolute Gasteiger partial charge is 0.243 e. The average Bonchev–Trinajstić information content (AvgIpc) is 3.12. The molecule has 2 aromatic carbocycles. The van der Waals surface area contributed by atoms with E-state index in [2.05, 4.69) is 0 Å². The van der Waals surface area contributed by atoms with E-state index < -0.39 is 21.4 Å². The quantitative estimate of drug-likeness (QED) is 0.786. The maximum atomic E-state index is 13.7. The fraction of sp³-hybridized carbons (Fsp3) is 0.350. The van der Waals surface area contributed by atoms with Crippen molar-refractivity contribution in [2.45, 2.75) is 16.9 Å². The molecule has 0 saturated carbocycles. The van der Waals surface area contributed by atoms with Crippen LogP contribution in [0.4, 0.5) is 10.1 Å². The van der Waals surface area contributed by atoms with E-state index in [1.165, 1.54) is 16.4 Å². The van der Waals surface area contributed by atoms with Crippen molar-refractivity contribution in [2.24, 2.45) is 0 Å². The average molecular weight is 403 g/mol. The van der Waals surface area contributed by atoms with Crippen LogP contribution in [0, 0.1) is 5.82 Å². The van der Waals surface area contributed by atoms with E-state index in [4.69, 9.17) is 0 Å². The molecular weight excluding hydrogens is 381 g/mol. The first kappa shape index (κ1) is 19.0. The number of likely N-dealkylation sites (N-methyl/N-ethyl adjacent to an activating group) is 1. The monoisotopic (exact) mass is 403 g/mol. The van der Waals surface area contributed by atoms with E-state index in [1.807, 2.05) is 11.9 Å². The number of piperazine rings is 1.